The molecule has 1 heterocycles. The Labute approximate surface area is 152 Å². The van der Waals surface area contributed by atoms with E-state index in [1.54, 1.807) is 11.8 Å². The van der Waals surface area contributed by atoms with Crippen molar-refractivity contribution in [3.05, 3.63) is 71.5 Å². The molecular formula is C19H21N5S. The van der Waals surface area contributed by atoms with Gasteiger partial charge < -0.3 is 11.1 Å². The van der Waals surface area contributed by atoms with E-state index < -0.39 is 0 Å². The van der Waals surface area contributed by atoms with E-state index in [1.165, 1.54) is 11.1 Å². The summed E-state index contributed by atoms with van der Waals surface area (Å²) in [5, 5.41) is 3.28. The minimum absolute atomic E-state index is 0.112. The Hall–Kier alpha value is -2.60. The van der Waals surface area contributed by atoms with Gasteiger partial charge in [0, 0.05) is 11.4 Å². The van der Waals surface area contributed by atoms with Gasteiger partial charge in [-0.1, -0.05) is 42.5 Å². The molecule has 0 saturated carbocycles. The second-order valence-electron chi connectivity index (χ2n) is 5.75. The molecule has 0 bridgehead atoms. The van der Waals surface area contributed by atoms with Crippen LogP contribution in [0.4, 0.5) is 17.6 Å². The third-order valence-corrected chi connectivity index (χ3v) is 5.00. The Morgan fingerprint density at radius 3 is 2.48 bits per heavy atom. The summed E-state index contributed by atoms with van der Waals surface area (Å²) in [6.45, 7) is 4.22. The fourth-order valence-electron chi connectivity index (χ4n) is 2.36. The molecule has 1 atom stereocenters. The Bertz CT molecular complexity index is 838. The highest BCUT2D eigenvalue weighted by Gasteiger charge is 2.13. The molecule has 3 N–H and O–H groups in total. The average molecular weight is 351 g/mol. The molecule has 0 aliphatic heterocycles. The number of hydrogen-bond donors (Lipinski definition) is 2. The van der Waals surface area contributed by atoms with Crippen LogP contribution in [0.5, 0.6) is 0 Å². The Morgan fingerprint density at radius 1 is 1.00 bits per heavy atom. The Balaban J connectivity index is 1.72. The van der Waals surface area contributed by atoms with Crippen LogP contribution in [-0.4, -0.2) is 15.0 Å². The summed E-state index contributed by atoms with van der Waals surface area (Å²) < 4.78 is 0. The van der Waals surface area contributed by atoms with Gasteiger partial charge in [-0.05, 0) is 37.1 Å². The molecule has 0 saturated heterocycles. The minimum Gasteiger partial charge on any atom is -0.368 e. The number of nitrogen functional groups attached to an aromatic ring is 1. The van der Waals surface area contributed by atoms with Crippen molar-refractivity contribution in [2.24, 2.45) is 0 Å². The number of anilines is 3. The highest BCUT2D eigenvalue weighted by Crippen LogP contribution is 2.30. The number of hydrogen-bond acceptors (Lipinski definition) is 6. The van der Waals surface area contributed by atoms with Crippen LogP contribution < -0.4 is 11.1 Å². The summed E-state index contributed by atoms with van der Waals surface area (Å²) in [6.07, 6.45) is 0. The molecule has 3 aromatic rings. The molecule has 0 aliphatic rings. The maximum Gasteiger partial charge on any atom is 0.232 e. The highest BCUT2D eigenvalue weighted by atomic mass is 32.2. The van der Waals surface area contributed by atoms with Crippen LogP contribution in [0.25, 0.3) is 0 Å². The van der Waals surface area contributed by atoms with Crippen molar-refractivity contribution in [3.8, 4) is 0 Å². The lowest BCUT2D eigenvalue weighted by Crippen LogP contribution is -2.08. The molecule has 6 heteroatoms. The first-order chi connectivity index (χ1) is 12.1. The highest BCUT2D eigenvalue weighted by molar-refractivity contribution is 7.98. The first-order valence-electron chi connectivity index (χ1n) is 8.11. The molecule has 3 rings (SSSR count). The number of nitrogens with one attached hydrogen (secondary N) is 1. The molecule has 2 aromatic carbocycles. The predicted octanol–water partition coefficient (Wildman–Crippen LogP) is 4.50. The van der Waals surface area contributed by atoms with Crippen LogP contribution in [0, 0.1) is 6.92 Å². The summed E-state index contributed by atoms with van der Waals surface area (Å²) in [7, 11) is 0. The van der Waals surface area contributed by atoms with E-state index in [0.717, 1.165) is 11.4 Å². The molecule has 0 unspecified atom stereocenters. The summed E-state index contributed by atoms with van der Waals surface area (Å²) in [6, 6.07) is 18.2. The Kier molecular flexibility index (Phi) is 5.50. The predicted molar refractivity (Wildman–Crippen MR) is 105 cm³/mol. The van der Waals surface area contributed by atoms with Crippen molar-refractivity contribution in [2.75, 3.05) is 11.1 Å². The topological polar surface area (TPSA) is 76.7 Å². The van der Waals surface area contributed by atoms with Gasteiger partial charge >= 0.3 is 0 Å². The molecule has 0 amide bonds. The van der Waals surface area contributed by atoms with Crippen LogP contribution in [0.15, 0.2) is 54.6 Å². The summed E-state index contributed by atoms with van der Waals surface area (Å²) in [5.74, 6) is 2.29. The van der Waals surface area contributed by atoms with Crippen molar-refractivity contribution in [2.45, 2.75) is 24.9 Å². The van der Waals surface area contributed by atoms with Crippen LogP contribution in [0.3, 0.4) is 0 Å². The quantitative estimate of drug-likeness (QED) is 0.681. The van der Waals surface area contributed by atoms with Gasteiger partial charge in [-0.2, -0.15) is 15.0 Å². The van der Waals surface area contributed by atoms with Crippen LogP contribution in [0.2, 0.25) is 0 Å². The first-order valence-corrected chi connectivity index (χ1v) is 9.16. The van der Waals surface area contributed by atoms with E-state index in [1.807, 2.05) is 30.3 Å². The number of benzene rings is 2. The third-order valence-electron chi connectivity index (χ3n) is 3.81. The molecule has 0 fully saturated rings. The number of aromatic nitrogens is 3. The lowest BCUT2D eigenvalue weighted by Gasteiger charge is -2.13. The zero-order valence-electron chi connectivity index (χ0n) is 14.3. The van der Waals surface area contributed by atoms with E-state index in [2.05, 4.69) is 58.4 Å². The van der Waals surface area contributed by atoms with Crippen molar-refractivity contribution in [3.63, 3.8) is 0 Å². The molecule has 25 heavy (non-hydrogen) atoms. The standard InChI is InChI=1S/C19H21N5S/c1-13-8-6-7-9-15(13)12-25-14(2)17-22-18(20)24-19(23-17)21-16-10-4-3-5-11-16/h3-11,14H,12H2,1-2H3,(H3,20,21,22,23,24)/t14-/m0/s1. The lowest BCUT2D eigenvalue weighted by molar-refractivity contribution is 0.895. The number of para-hydroxylation sites is 1. The van der Waals surface area contributed by atoms with E-state index in [9.17, 15) is 0 Å². The SMILES string of the molecule is Cc1ccccc1CS[C@@H](C)c1nc(N)nc(Nc2ccccc2)n1. The van der Waals surface area contributed by atoms with Gasteiger partial charge in [0.1, 0.15) is 5.82 Å². The van der Waals surface area contributed by atoms with Gasteiger partial charge in [0.25, 0.3) is 0 Å². The summed E-state index contributed by atoms with van der Waals surface area (Å²) in [5.41, 5.74) is 9.41. The molecule has 1 aromatic heterocycles. The first kappa shape index (κ1) is 17.2. The zero-order chi connectivity index (χ0) is 17.6. The van der Waals surface area contributed by atoms with Gasteiger partial charge in [-0.15, -0.1) is 11.8 Å². The van der Waals surface area contributed by atoms with Crippen LogP contribution >= 0.6 is 11.8 Å². The van der Waals surface area contributed by atoms with Gasteiger partial charge in [0.05, 0.1) is 5.25 Å². The number of thioether (sulfide) groups is 1. The maximum atomic E-state index is 5.87. The normalized spacial score (nSPS) is 11.9. The van der Waals surface area contributed by atoms with Gasteiger partial charge in [-0.25, -0.2) is 0 Å². The number of rotatable bonds is 6. The smallest absolute Gasteiger partial charge is 0.232 e. The van der Waals surface area contributed by atoms with E-state index in [-0.39, 0.29) is 11.2 Å². The zero-order valence-corrected chi connectivity index (χ0v) is 15.1. The number of nitrogens with two attached hydrogens (primary N) is 1. The third kappa shape index (κ3) is 4.70. The number of aryl methyl sites for hydroxylation is 1. The maximum absolute atomic E-state index is 5.87. The van der Waals surface area contributed by atoms with Gasteiger partial charge in [0.2, 0.25) is 11.9 Å². The average Bonchev–Trinajstić information content (AvgIpc) is 2.61. The molecule has 5 nitrogen and oxygen atoms in total. The molecule has 0 aliphatic carbocycles. The second-order valence-corrected chi connectivity index (χ2v) is 7.08. The van der Waals surface area contributed by atoms with Crippen LogP contribution in [-0.2, 0) is 5.75 Å². The minimum atomic E-state index is 0.112. The van der Waals surface area contributed by atoms with Crippen molar-refractivity contribution in [1.82, 2.24) is 15.0 Å². The van der Waals surface area contributed by atoms with Crippen molar-refractivity contribution < 1.29 is 0 Å². The monoisotopic (exact) mass is 351 g/mol. The van der Waals surface area contributed by atoms with E-state index in [4.69, 9.17) is 5.73 Å². The second kappa shape index (κ2) is 7.98. The van der Waals surface area contributed by atoms with E-state index >= 15 is 0 Å². The van der Waals surface area contributed by atoms with Gasteiger partial charge in [0.15, 0.2) is 0 Å². The number of nitrogens with zero attached hydrogens (tertiary/aromatic N) is 3. The van der Waals surface area contributed by atoms with Crippen molar-refractivity contribution in [1.29, 1.82) is 0 Å². The summed E-state index contributed by atoms with van der Waals surface area (Å²) >= 11 is 1.78. The largest absolute Gasteiger partial charge is 0.368 e. The fraction of sp³-hybridized carbons (Fsp3) is 0.211. The molecule has 128 valence electrons. The Morgan fingerprint density at radius 2 is 1.72 bits per heavy atom. The van der Waals surface area contributed by atoms with Crippen molar-refractivity contribution >= 4 is 29.3 Å². The fourth-order valence-corrected chi connectivity index (χ4v) is 3.37. The summed E-state index contributed by atoms with van der Waals surface area (Å²) in [4.78, 5) is 13.0. The lowest BCUT2D eigenvalue weighted by atomic mass is 10.1. The van der Waals surface area contributed by atoms with Crippen LogP contribution in [0.1, 0.15) is 29.1 Å². The molecule has 0 radical (unpaired) electrons. The molecule has 0 spiro atoms. The van der Waals surface area contributed by atoms with E-state index in [0.29, 0.717) is 11.8 Å². The molecular weight excluding hydrogens is 330 g/mol. The van der Waals surface area contributed by atoms with Gasteiger partial charge in [-0.3, -0.25) is 0 Å².